The first-order valence-electron chi connectivity index (χ1n) is 6.21. The minimum Gasteiger partial charge on any atom is -0.355 e. The average Bonchev–Trinajstić information content (AvgIpc) is 2.42. The summed E-state index contributed by atoms with van der Waals surface area (Å²) in [5.74, 6) is -0.609. The molecule has 0 bridgehead atoms. The fourth-order valence-electron chi connectivity index (χ4n) is 2.12. The van der Waals surface area contributed by atoms with Crippen molar-refractivity contribution in [3.63, 3.8) is 0 Å². The van der Waals surface area contributed by atoms with Crippen LogP contribution in [0.3, 0.4) is 0 Å². The maximum atomic E-state index is 13.4. The van der Waals surface area contributed by atoms with E-state index in [9.17, 15) is 8.78 Å². The molecule has 0 amide bonds. The third-order valence-corrected chi connectivity index (χ3v) is 3.02. The summed E-state index contributed by atoms with van der Waals surface area (Å²) < 4.78 is 26.3. The SMILES string of the molecule is Cc1cc(Nc2ccc(F)cc2)c2cc(F)ccc2n1. The van der Waals surface area contributed by atoms with Crippen molar-refractivity contribution < 1.29 is 8.78 Å². The predicted molar refractivity (Wildman–Crippen MR) is 76.1 cm³/mol. The zero-order chi connectivity index (χ0) is 14.1. The topological polar surface area (TPSA) is 24.9 Å². The molecule has 0 radical (unpaired) electrons. The van der Waals surface area contributed by atoms with Gasteiger partial charge in [0.15, 0.2) is 0 Å². The van der Waals surface area contributed by atoms with Crippen LogP contribution in [0, 0.1) is 18.6 Å². The van der Waals surface area contributed by atoms with Crippen LogP contribution in [0.4, 0.5) is 20.2 Å². The van der Waals surface area contributed by atoms with Crippen LogP contribution in [0.15, 0.2) is 48.5 Å². The second-order valence-electron chi connectivity index (χ2n) is 4.60. The Bertz CT molecular complexity index is 767. The molecule has 2 nitrogen and oxygen atoms in total. The summed E-state index contributed by atoms with van der Waals surface area (Å²) in [7, 11) is 0. The number of halogens is 2. The standard InChI is InChI=1S/C16H12F2N2/c1-10-8-16(20-13-5-2-11(17)3-6-13)14-9-12(18)4-7-15(14)19-10/h2-9H,1H3,(H,19,20). The van der Waals surface area contributed by atoms with Gasteiger partial charge in [0, 0.05) is 22.5 Å². The highest BCUT2D eigenvalue weighted by Gasteiger charge is 2.06. The Morgan fingerprint density at radius 3 is 2.35 bits per heavy atom. The van der Waals surface area contributed by atoms with Crippen molar-refractivity contribution in [2.24, 2.45) is 0 Å². The first-order valence-corrected chi connectivity index (χ1v) is 6.21. The Hall–Kier alpha value is -2.49. The highest BCUT2D eigenvalue weighted by molar-refractivity contribution is 5.93. The predicted octanol–water partition coefficient (Wildman–Crippen LogP) is 4.57. The first-order chi connectivity index (χ1) is 9.61. The lowest BCUT2D eigenvalue weighted by Gasteiger charge is -2.11. The summed E-state index contributed by atoms with van der Waals surface area (Å²) in [6.07, 6.45) is 0. The number of nitrogens with one attached hydrogen (secondary N) is 1. The molecular formula is C16H12F2N2. The second kappa shape index (κ2) is 4.89. The summed E-state index contributed by atoms with van der Waals surface area (Å²) in [5.41, 5.74) is 3.03. The van der Waals surface area contributed by atoms with Gasteiger partial charge in [-0.15, -0.1) is 0 Å². The molecule has 4 heteroatoms. The lowest BCUT2D eigenvalue weighted by atomic mass is 10.1. The number of aryl methyl sites for hydroxylation is 1. The molecule has 3 rings (SSSR count). The molecule has 0 unspecified atom stereocenters. The molecular weight excluding hydrogens is 258 g/mol. The average molecular weight is 270 g/mol. The summed E-state index contributed by atoms with van der Waals surface area (Å²) in [4.78, 5) is 4.37. The molecule has 0 saturated heterocycles. The van der Waals surface area contributed by atoms with E-state index in [1.165, 1.54) is 24.3 Å². The van der Waals surface area contributed by atoms with Gasteiger partial charge in [0.1, 0.15) is 11.6 Å². The van der Waals surface area contributed by atoms with E-state index in [1.54, 1.807) is 18.2 Å². The number of nitrogens with zero attached hydrogens (tertiary/aromatic N) is 1. The van der Waals surface area contributed by atoms with Crippen molar-refractivity contribution in [1.29, 1.82) is 0 Å². The van der Waals surface area contributed by atoms with E-state index < -0.39 is 0 Å². The van der Waals surface area contributed by atoms with Gasteiger partial charge in [0.05, 0.1) is 5.52 Å². The molecule has 1 heterocycles. The third-order valence-electron chi connectivity index (χ3n) is 3.02. The number of pyridine rings is 1. The van der Waals surface area contributed by atoms with Gasteiger partial charge in [0.25, 0.3) is 0 Å². The Morgan fingerprint density at radius 2 is 1.60 bits per heavy atom. The van der Waals surface area contributed by atoms with Crippen LogP contribution < -0.4 is 5.32 Å². The Labute approximate surface area is 115 Å². The minimum absolute atomic E-state index is 0.294. The lowest BCUT2D eigenvalue weighted by molar-refractivity contribution is 0.628. The second-order valence-corrected chi connectivity index (χ2v) is 4.60. The highest BCUT2D eigenvalue weighted by atomic mass is 19.1. The number of fused-ring (bicyclic) bond motifs is 1. The van der Waals surface area contributed by atoms with E-state index in [0.29, 0.717) is 5.39 Å². The lowest BCUT2D eigenvalue weighted by Crippen LogP contribution is -1.95. The van der Waals surface area contributed by atoms with E-state index >= 15 is 0 Å². The van der Waals surface area contributed by atoms with Crippen LogP contribution in [-0.4, -0.2) is 4.98 Å². The van der Waals surface area contributed by atoms with Crippen molar-refractivity contribution in [1.82, 2.24) is 4.98 Å². The fourth-order valence-corrected chi connectivity index (χ4v) is 2.12. The number of benzene rings is 2. The van der Waals surface area contributed by atoms with Gasteiger partial charge in [-0.2, -0.15) is 0 Å². The van der Waals surface area contributed by atoms with E-state index in [4.69, 9.17) is 0 Å². The molecule has 0 atom stereocenters. The molecule has 0 aliphatic heterocycles. The van der Waals surface area contributed by atoms with E-state index in [-0.39, 0.29) is 11.6 Å². The maximum absolute atomic E-state index is 13.4. The van der Waals surface area contributed by atoms with Crippen molar-refractivity contribution in [3.05, 3.63) is 65.9 Å². The summed E-state index contributed by atoms with van der Waals surface area (Å²) >= 11 is 0. The van der Waals surface area contributed by atoms with Crippen LogP contribution in [0.5, 0.6) is 0 Å². The van der Waals surface area contributed by atoms with E-state index in [0.717, 1.165) is 22.6 Å². The summed E-state index contributed by atoms with van der Waals surface area (Å²) in [6.45, 7) is 1.87. The first kappa shape index (κ1) is 12.5. The number of aromatic nitrogens is 1. The maximum Gasteiger partial charge on any atom is 0.124 e. The van der Waals surface area contributed by atoms with Crippen LogP contribution in [0.1, 0.15) is 5.69 Å². The van der Waals surface area contributed by atoms with Crippen LogP contribution in [-0.2, 0) is 0 Å². The zero-order valence-corrected chi connectivity index (χ0v) is 10.8. The summed E-state index contributed by atoms with van der Waals surface area (Å²) in [6, 6.07) is 12.3. The molecule has 20 heavy (non-hydrogen) atoms. The minimum atomic E-state index is -0.315. The van der Waals surface area contributed by atoms with Crippen molar-refractivity contribution in [2.75, 3.05) is 5.32 Å². The summed E-state index contributed by atoms with van der Waals surface area (Å²) in [5, 5.41) is 3.86. The Balaban J connectivity index is 2.10. The number of anilines is 2. The van der Waals surface area contributed by atoms with Gasteiger partial charge in [-0.3, -0.25) is 4.98 Å². The molecule has 0 aliphatic rings. The van der Waals surface area contributed by atoms with Crippen molar-refractivity contribution in [2.45, 2.75) is 6.92 Å². The molecule has 0 fully saturated rings. The molecule has 3 aromatic rings. The number of hydrogen-bond donors (Lipinski definition) is 1. The van der Waals surface area contributed by atoms with E-state index in [1.807, 2.05) is 13.0 Å². The smallest absolute Gasteiger partial charge is 0.124 e. The number of hydrogen-bond acceptors (Lipinski definition) is 2. The largest absolute Gasteiger partial charge is 0.355 e. The van der Waals surface area contributed by atoms with E-state index in [2.05, 4.69) is 10.3 Å². The monoisotopic (exact) mass is 270 g/mol. The van der Waals surface area contributed by atoms with Crippen LogP contribution >= 0.6 is 0 Å². The van der Waals surface area contributed by atoms with Gasteiger partial charge < -0.3 is 5.32 Å². The van der Waals surface area contributed by atoms with Crippen molar-refractivity contribution >= 4 is 22.3 Å². The highest BCUT2D eigenvalue weighted by Crippen LogP contribution is 2.27. The van der Waals surface area contributed by atoms with Gasteiger partial charge in [-0.05, 0) is 55.5 Å². The van der Waals surface area contributed by atoms with Crippen LogP contribution in [0.2, 0.25) is 0 Å². The molecule has 100 valence electrons. The molecule has 1 aromatic heterocycles. The van der Waals surface area contributed by atoms with Gasteiger partial charge in [-0.25, -0.2) is 8.78 Å². The van der Waals surface area contributed by atoms with Gasteiger partial charge >= 0.3 is 0 Å². The molecule has 0 aliphatic carbocycles. The number of rotatable bonds is 2. The zero-order valence-electron chi connectivity index (χ0n) is 10.8. The van der Waals surface area contributed by atoms with Crippen molar-refractivity contribution in [3.8, 4) is 0 Å². The molecule has 2 aromatic carbocycles. The Kier molecular flexibility index (Phi) is 3.06. The Morgan fingerprint density at radius 1 is 0.900 bits per heavy atom. The normalized spacial score (nSPS) is 10.8. The fraction of sp³-hybridized carbons (Fsp3) is 0.0625. The van der Waals surface area contributed by atoms with Gasteiger partial charge in [-0.1, -0.05) is 0 Å². The molecule has 0 saturated carbocycles. The quantitative estimate of drug-likeness (QED) is 0.738. The molecule has 0 spiro atoms. The molecule has 1 N–H and O–H groups in total. The third kappa shape index (κ3) is 2.45. The van der Waals surface area contributed by atoms with Gasteiger partial charge in [0.2, 0.25) is 0 Å². The van der Waals surface area contributed by atoms with Crippen LogP contribution in [0.25, 0.3) is 10.9 Å².